The van der Waals surface area contributed by atoms with Gasteiger partial charge in [0.2, 0.25) is 0 Å². The highest BCUT2D eigenvalue weighted by molar-refractivity contribution is 5.76. The molecule has 0 radical (unpaired) electrons. The smallest absolute Gasteiger partial charge is 0.306 e. The second-order valence-corrected chi connectivity index (χ2v) is 7.75. The van der Waals surface area contributed by atoms with Gasteiger partial charge in [-0.3, -0.25) is 14.4 Å². The van der Waals surface area contributed by atoms with Crippen LogP contribution in [0.3, 0.4) is 0 Å². The van der Waals surface area contributed by atoms with E-state index in [1.54, 1.807) is 0 Å². The molecule has 26 heavy (non-hydrogen) atoms. The summed E-state index contributed by atoms with van der Waals surface area (Å²) in [4.78, 5) is 35.8. The van der Waals surface area contributed by atoms with E-state index in [2.05, 4.69) is 13.8 Å². The molecular formula is C21H34O5. The largest absolute Gasteiger partial charge is 0.469 e. The molecule has 0 saturated heterocycles. The molecule has 148 valence electrons. The maximum absolute atomic E-state index is 12.3. The highest BCUT2D eigenvalue weighted by atomic mass is 16.6. The zero-order valence-corrected chi connectivity index (χ0v) is 17.0. The van der Waals surface area contributed by atoms with Crippen LogP contribution in [0.2, 0.25) is 0 Å². The molecule has 0 aliphatic heterocycles. The Morgan fingerprint density at radius 3 is 2.35 bits per heavy atom. The summed E-state index contributed by atoms with van der Waals surface area (Å²) in [6.07, 6.45) is 6.87. The fourth-order valence-electron chi connectivity index (χ4n) is 3.85. The van der Waals surface area contributed by atoms with Crippen molar-refractivity contribution in [2.24, 2.45) is 5.41 Å². The van der Waals surface area contributed by atoms with Gasteiger partial charge in [-0.15, -0.1) is 0 Å². The van der Waals surface area contributed by atoms with Crippen LogP contribution >= 0.6 is 0 Å². The lowest BCUT2D eigenvalue weighted by Gasteiger charge is -2.48. The number of hydrogen-bond donors (Lipinski definition) is 0. The summed E-state index contributed by atoms with van der Waals surface area (Å²) >= 11 is 0. The Labute approximate surface area is 157 Å². The van der Waals surface area contributed by atoms with Gasteiger partial charge in [0.15, 0.2) is 11.9 Å². The van der Waals surface area contributed by atoms with Crippen LogP contribution in [0.4, 0.5) is 0 Å². The molecule has 0 spiro atoms. The molecule has 1 aliphatic rings. The molecule has 0 amide bonds. The van der Waals surface area contributed by atoms with Crippen molar-refractivity contribution in [3.05, 3.63) is 11.1 Å². The van der Waals surface area contributed by atoms with Crippen molar-refractivity contribution in [3.8, 4) is 0 Å². The van der Waals surface area contributed by atoms with Crippen LogP contribution in [-0.4, -0.2) is 30.9 Å². The molecule has 5 nitrogen and oxygen atoms in total. The minimum Gasteiger partial charge on any atom is -0.469 e. The minimum absolute atomic E-state index is 0.235. The normalized spacial score (nSPS) is 22.0. The molecule has 0 bridgehead atoms. The molecule has 0 fully saturated rings. The average molecular weight is 366 g/mol. The second kappa shape index (κ2) is 9.89. The van der Waals surface area contributed by atoms with Gasteiger partial charge in [0, 0.05) is 18.3 Å². The van der Waals surface area contributed by atoms with Crippen molar-refractivity contribution >= 4 is 18.2 Å². The molecular weight excluding hydrogens is 332 g/mol. The number of unbranched alkanes of at least 4 members (excludes halogenated alkanes) is 2. The highest BCUT2D eigenvalue weighted by Gasteiger charge is 2.52. The van der Waals surface area contributed by atoms with Crippen LogP contribution in [0.25, 0.3) is 0 Å². The van der Waals surface area contributed by atoms with Crippen molar-refractivity contribution in [1.82, 2.24) is 0 Å². The molecule has 0 heterocycles. The Kier molecular flexibility index (Phi) is 8.51. The quantitative estimate of drug-likeness (QED) is 0.246. The number of ether oxygens (including phenoxy) is 2. The fraction of sp³-hybridized carbons (Fsp3) is 0.762. The standard InChI is InChI=1S/C21H34O5/c1-6-7-8-11-19(24)26-21(15-22)14-13-16(2)17(20(21,3)4)10-9-12-18(23)25-5/h15H,6-14H2,1-5H3. The van der Waals surface area contributed by atoms with Gasteiger partial charge in [0.05, 0.1) is 7.11 Å². The number of hydrogen-bond acceptors (Lipinski definition) is 5. The topological polar surface area (TPSA) is 69.7 Å². The fourth-order valence-corrected chi connectivity index (χ4v) is 3.85. The van der Waals surface area contributed by atoms with E-state index in [1.165, 1.54) is 12.7 Å². The summed E-state index contributed by atoms with van der Waals surface area (Å²) in [5, 5.41) is 0. The number of aldehydes is 1. The van der Waals surface area contributed by atoms with Gasteiger partial charge >= 0.3 is 11.9 Å². The maximum atomic E-state index is 12.3. The summed E-state index contributed by atoms with van der Waals surface area (Å²) < 4.78 is 10.5. The van der Waals surface area contributed by atoms with E-state index in [1.807, 2.05) is 13.8 Å². The SMILES string of the molecule is CCCCCC(=O)OC1(C=O)CCC(C)=C(CCCC(=O)OC)C1(C)C. The first-order valence-corrected chi connectivity index (χ1v) is 9.68. The van der Waals surface area contributed by atoms with Gasteiger partial charge in [-0.2, -0.15) is 0 Å². The molecule has 1 unspecified atom stereocenters. The molecule has 1 aliphatic carbocycles. The summed E-state index contributed by atoms with van der Waals surface area (Å²) in [5.74, 6) is -0.534. The van der Waals surface area contributed by atoms with Crippen molar-refractivity contribution in [1.29, 1.82) is 0 Å². The van der Waals surface area contributed by atoms with Gasteiger partial charge in [-0.1, -0.05) is 44.8 Å². The van der Waals surface area contributed by atoms with Crippen molar-refractivity contribution in [2.45, 2.75) is 91.1 Å². The number of carbonyl (C=O) groups is 3. The third-order valence-corrected chi connectivity index (χ3v) is 5.71. The monoisotopic (exact) mass is 366 g/mol. The summed E-state index contributed by atoms with van der Waals surface area (Å²) in [7, 11) is 1.38. The Morgan fingerprint density at radius 1 is 1.12 bits per heavy atom. The Bertz CT molecular complexity index is 547. The second-order valence-electron chi connectivity index (χ2n) is 7.75. The van der Waals surface area contributed by atoms with Gasteiger partial charge < -0.3 is 9.47 Å². The number of methoxy groups -OCH3 is 1. The lowest BCUT2D eigenvalue weighted by atomic mass is 9.61. The van der Waals surface area contributed by atoms with E-state index < -0.39 is 11.0 Å². The van der Waals surface area contributed by atoms with Gasteiger partial charge in [0.25, 0.3) is 0 Å². The average Bonchev–Trinajstić information content (AvgIpc) is 2.60. The number of carbonyl (C=O) groups excluding carboxylic acids is 3. The van der Waals surface area contributed by atoms with Crippen LogP contribution in [0.15, 0.2) is 11.1 Å². The third-order valence-electron chi connectivity index (χ3n) is 5.71. The molecule has 0 saturated carbocycles. The Hall–Kier alpha value is -1.65. The molecule has 0 aromatic carbocycles. The predicted octanol–water partition coefficient (Wildman–Crippen LogP) is 4.53. The summed E-state index contributed by atoms with van der Waals surface area (Å²) in [6, 6.07) is 0. The zero-order valence-electron chi connectivity index (χ0n) is 17.0. The summed E-state index contributed by atoms with van der Waals surface area (Å²) in [5.41, 5.74) is 0.616. The Morgan fingerprint density at radius 2 is 1.77 bits per heavy atom. The van der Waals surface area contributed by atoms with E-state index in [9.17, 15) is 14.4 Å². The van der Waals surface area contributed by atoms with E-state index in [4.69, 9.17) is 9.47 Å². The van der Waals surface area contributed by atoms with E-state index >= 15 is 0 Å². The molecule has 1 rings (SSSR count). The van der Waals surface area contributed by atoms with E-state index in [0.29, 0.717) is 32.1 Å². The van der Waals surface area contributed by atoms with Crippen LogP contribution in [0, 0.1) is 5.41 Å². The maximum Gasteiger partial charge on any atom is 0.306 e. The lowest BCUT2D eigenvalue weighted by molar-refractivity contribution is -0.176. The Balaban J connectivity index is 2.92. The number of esters is 2. The van der Waals surface area contributed by atoms with Crippen molar-refractivity contribution in [2.75, 3.05) is 7.11 Å². The first-order chi connectivity index (χ1) is 12.2. The molecule has 0 aromatic heterocycles. The van der Waals surface area contributed by atoms with Crippen LogP contribution in [0.1, 0.15) is 85.5 Å². The first kappa shape index (κ1) is 22.4. The minimum atomic E-state index is -1.13. The first-order valence-electron chi connectivity index (χ1n) is 9.68. The summed E-state index contributed by atoms with van der Waals surface area (Å²) in [6.45, 7) is 8.08. The van der Waals surface area contributed by atoms with E-state index in [-0.39, 0.29) is 11.9 Å². The lowest BCUT2D eigenvalue weighted by Crippen LogP contribution is -2.53. The number of allylic oxidation sites excluding steroid dienone is 1. The predicted molar refractivity (Wildman–Crippen MR) is 101 cm³/mol. The molecule has 0 aromatic rings. The number of rotatable bonds is 10. The zero-order chi connectivity index (χ0) is 19.8. The third kappa shape index (κ3) is 5.18. The van der Waals surface area contributed by atoms with Gasteiger partial charge in [-0.05, 0) is 39.0 Å². The molecule has 1 atom stereocenters. The highest BCUT2D eigenvalue weighted by Crippen LogP contribution is 2.50. The van der Waals surface area contributed by atoms with Crippen molar-refractivity contribution < 1.29 is 23.9 Å². The molecule has 5 heteroatoms. The van der Waals surface area contributed by atoms with Crippen LogP contribution in [-0.2, 0) is 23.9 Å². The van der Waals surface area contributed by atoms with Crippen LogP contribution in [0.5, 0.6) is 0 Å². The molecule has 0 N–H and O–H groups in total. The van der Waals surface area contributed by atoms with Crippen LogP contribution < -0.4 is 0 Å². The van der Waals surface area contributed by atoms with E-state index in [0.717, 1.165) is 37.5 Å². The van der Waals surface area contributed by atoms with Gasteiger partial charge in [0.1, 0.15) is 0 Å². The van der Waals surface area contributed by atoms with Gasteiger partial charge in [-0.25, -0.2) is 0 Å². The van der Waals surface area contributed by atoms with Crippen molar-refractivity contribution in [3.63, 3.8) is 0 Å².